The normalized spacial score (nSPS) is 14.4. The van der Waals surface area contributed by atoms with Crippen molar-refractivity contribution in [2.24, 2.45) is 0 Å². The van der Waals surface area contributed by atoms with Crippen LogP contribution in [0.3, 0.4) is 0 Å². The molecule has 0 atom stereocenters. The lowest BCUT2D eigenvalue weighted by Gasteiger charge is -2.27. The van der Waals surface area contributed by atoms with Gasteiger partial charge in [-0.3, -0.25) is 0 Å². The van der Waals surface area contributed by atoms with E-state index in [0.29, 0.717) is 5.75 Å². The quantitative estimate of drug-likeness (QED) is 0.841. The third kappa shape index (κ3) is 2.27. The first-order valence-electron chi connectivity index (χ1n) is 5.35. The van der Waals surface area contributed by atoms with Crippen LogP contribution in [0.15, 0.2) is 18.2 Å². The van der Waals surface area contributed by atoms with Crippen molar-refractivity contribution < 1.29 is 14.6 Å². The van der Waals surface area contributed by atoms with Crippen LogP contribution in [0, 0.1) is 0 Å². The molecular weight excluding hydrogens is 206 g/mol. The summed E-state index contributed by atoms with van der Waals surface area (Å²) in [4.78, 5) is 12.6. The number of nitrogens with zero attached hydrogens (tertiary/aromatic N) is 1. The molecule has 86 valence electrons. The first-order valence-corrected chi connectivity index (χ1v) is 5.35. The van der Waals surface area contributed by atoms with Gasteiger partial charge in [-0.15, -0.1) is 0 Å². The number of aryl methyl sites for hydroxylation is 1. The van der Waals surface area contributed by atoms with Gasteiger partial charge in [-0.1, -0.05) is 6.07 Å². The highest BCUT2D eigenvalue weighted by molar-refractivity contribution is 5.68. The maximum absolute atomic E-state index is 10.4. The molecule has 1 aromatic rings. The van der Waals surface area contributed by atoms with E-state index in [1.807, 2.05) is 25.2 Å². The Balaban J connectivity index is 2.17. The van der Waals surface area contributed by atoms with E-state index < -0.39 is 5.97 Å². The van der Waals surface area contributed by atoms with Gasteiger partial charge in [0.2, 0.25) is 0 Å². The van der Waals surface area contributed by atoms with E-state index in [9.17, 15) is 4.79 Å². The average Bonchev–Trinajstić information content (AvgIpc) is 2.27. The highest BCUT2D eigenvalue weighted by Gasteiger charge is 2.14. The fourth-order valence-corrected chi connectivity index (χ4v) is 1.97. The minimum atomic E-state index is -0.953. The second-order valence-corrected chi connectivity index (χ2v) is 4.00. The van der Waals surface area contributed by atoms with Crippen LogP contribution in [0.25, 0.3) is 0 Å². The number of aliphatic carboxylic acids is 1. The zero-order valence-corrected chi connectivity index (χ0v) is 9.27. The Morgan fingerprint density at radius 1 is 1.56 bits per heavy atom. The van der Waals surface area contributed by atoms with Gasteiger partial charge < -0.3 is 14.7 Å². The fourth-order valence-electron chi connectivity index (χ4n) is 1.97. The van der Waals surface area contributed by atoms with Crippen molar-refractivity contribution >= 4 is 11.7 Å². The van der Waals surface area contributed by atoms with E-state index in [1.165, 1.54) is 12.0 Å². The number of hydrogen-bond acceptors (Lipinski definition) is 3. The number of carbonyl (C=O) groups is 1. The van der Waals surface area contributed by atoms with Crippen LogP contribution in [0.4, 0.5) is 5.69 Å². The Labute approximate surface area is 94.4 Å². The van der Waals surface area contributed by atoms with Crippen LogP contribution < -0.4 is 9.64 Å². The summed E-state index contributed by atoms with van der Waals surface area (Å²) in [5.41, 5.74) is 2.45. The van der Waals surface area contributed by atoms with Crippen LogP contribution in [0.2, 0.25) is 0 Å². The summed E-state index contributed by atoms with van der Waals surface area (Å²) in [7, 11) is 2.04. The molecule has 1 aliphatic heterocycles. The summed E-state index contributed by atoms with van der Waals surface area (Å²) < 4.78 is 5.16. The van der Waals surface area contributed by atoms with Crippen LogP contribution in [-0.2, 0) is 11.2 Å². The fraction of sp³-hybridized carbons (Fsp3) is 0.417. The van der Waals surface area contributed by atoms with E-state index in [0.717, 1.165) is 18.7 Å². The van der Waals surface area contributed by atoms with Crippen molar-refractivity contribution in [1.82, 2.24) is 0 Å². The molecule has 1 heterocycles. The number of carboxylic acid groups (broad SMARTS) is 1. The highest BCUT2D eigenvalue weighted by Crippen LogP contribution is 2.29. The van der Waals surface area contributed by atoms with Crippen LogP contribution in [0.1, 0.15) is 12.0 Å². The number of benzene rings is 1. The third-order valence-corrected chi connectivity index (χ3v) is 2.77. The molecule has 16 heavy (non-hydrogen) atoms. The molecule has 1 aliphatic rings. The number of hydrogen-bond donors (Lipinski definition) is 1. The van der Waals surface area contributed by atoms with E-state index in [-0.39, 0.29) is 6.61 Å². The molecule has 0 aromatic heterocycles. The molecule has 4 heteroatoms. The zero-order valence-electron chi connectivity index (χ0n) is 9.27. The van der Waals surface area contributed by atoms with Gasteiger partial charge in [0, 0.05) is 25.3 Å². The third-order valence-electron chi connectivity index (χ3n) is 2.77. The molecule has 4 nitrogen and oxygen atoms in total. The average molecular weight is 221 g/mol. The van der Waals surface area contributed by atoms with E-state index >= 15 is 0 Å². The predicted molar refractivity (Wildman–Crippen MR) is 61.2 cm³/mol. The Morgan fingerprint density at radius 3 is 3.12 bits per heavy atom. The van der Waals surface area contributed by atoms with Crippen molar-refractivity contribution in [3.8, 4) is 5.75 Å². The van der Waals surface area contributed by atoms with Gasteiger partial charge in [0.1, 0.15) is 5.75 Å². The van der Waals surface area contributed by atoms with E-state index in [2.05, 4.69) is 4.90 Å². The van der Waals surface area contributed by atoms with Gasteiger partial charge in [0.15, 0.2) is 6.61 Å². The lowest BCUT2D eigenvalue weighted by molar-refractivity contribution is -0.139. The molecule has 2 rings (SSSR count). The minimum Gasteiger partial charge on any atom is -0.482 e. The van der Waals surface area contributed by atoms with Crippen LogP contribution in [-0.4, -0.2) is 31.3 Å². The van der Waals surface area contributed by atoms with Crippen molar-refractivity contribution in [2.75, 3.05) is 25.1 Å². The summed E-state index contributed by atoms with van der Waals surface area (Å²) in [6.45, 7) is 0.748. The first-order chi connectivity index (χ1) is 7.66. The summed E-state index contributed by atoms with van der Waals surface area (Å²) >= 11 is 0. The highest BCUT2D eigenvalue weighted by atomic mass is 16.5. The molecule has 0 amide bonds. The summed E-state index contributed by atoms with van der Waals surface area (Å²) in [6, 6.07) is 5.76. The lowest BCUT2D eigenvalue weighted by atomic mass is 10.0. The maximum atomic E-state index is 10.4. The second-order valence-electron chi connectivity index (χ2n) is 4.00. The second kappa shape index (κ2) is 4.43. The zero-order chi connectivity index (χ0) is 11.5. The van der Waals surface area contributed by atoms with Gasteiger partial charge in [0.05, 0.1) is 0 Å². The van der Waals surface area contributed by atoms with Gasteiger partial charge >= 0.3 is 5.97 Å². The van der Waals surface area contributed by atoms with Crippen molar-refractivity contribution in [3.05, 3.63) is 23.8 Å². The van der Waals surface area contributed by atoms with Crippen LogP contribution in [0.5, 0.6) is 5.75 Å². The standard InChI is InChI=1S/C12H15NO3/c1-13-6-2-3-9-4-5-10(7-11(9)13)16-8-12(14)15/h4-5,7H,2-3,6,8H2,1H3,(H,14,15). The maximum Gasteiger partial charge on any atom is 0.341 e. The molecular formula is C12H15NO3. The van der Waals surface area contributed by atoms with Crippen molar-refractivity contribution in [2.45, 2.75) is 12.8 Å². The first kappa shape index (κ1) is 10.8. The number of carboxylic acids is 1. The number of rotatable bonds is 3. The Kier molecular flexibility index (Phi) is 2.99. The van der Waals surface area contributed by atoms with Crippen molar-refractivity contribution in [1.29, 1.82) is 0 Å². The molecule has 0 unspecified atom stereocenters. The largest absolute Gasteiger partial charge is 0.482 e. The number of fused-ring (bicyclic) bond motifs is 1. The van der Waals surface area contributed by atoms with Gasteiger partial charge in [0.25, 0.3) is 0 Å². The molecule has 0 aliphatic carbocycles. The summed E-state index contributed by atoms with van der Waals surface area (Å²) in [6.07, 6.45) is 2.25. The monoisotopic (exact) mass is 221 g/mol. The SMILES string of the molecule is CN1CCCc2ccc(OCC(=O)O)cc21. The molecule has 0 radical (unpaired) electrons. The lowest BCUT2D eigenvalue weighted by Crippen LogP contribution is -2.24. The smallest absolute Gasteiger partial charge is 0.341 e. The number of ether oxygens (including phenoxy) is 1. The van der Waals surface area contributed by atoms with Gasteiger partial charge in [-0.2, -0.15) is 0 Å². The van der Waals surface area contributed by atoms with E-state index in [1.54, 1.807) is 0 Å². The Bertz CT molecular complexity index is 403. The Morgan fingerprint density at radius 2 is 2.38 bits per heavy atom. The molecule has 1 N–H and O–H groups in total. The molecule has 0 fully saturated rings. The molecule has 0 bridgehead atoms. The summed E-state index contributed by atoms with van der Waals surface area (Å²) in [5.74, 6) is -0.332. The Hall–Kier alpha value is -1.71. The van der Waals surface area contributed by atoms with Crippen LogP contribution >= 0.6 is 0 Å². The molecule has 1 aromatic carbocycles. The van der Waals surface area contributed by atoms with Gasteiger partial charge in [-0.05, 0) is 24.5 Å². The molecule has 0 saturated heterocycles. The molecule has 0 spiro atoms. The minimum absolute atomic E-state index is 0.289. The topological polar surface area (TPSA) is 49.8 Å². The van der Waals surface area contributed by atoms with Gasteiger partial charge in [-0.25, -0.2) is 4.79 Å². The summed E-state index contributed by atoms with van der Waals surface area (Å²) in [5, 5.41) is 8.53. The number of anilines is 1. The molecule has 0 saturated carbocycles. The predicted octanol–water partition coefficient (Wildman–Crippen LogP) is 1.53. The van der Waals surface area contributed by atoms with Crippen molar-refractivity contribution in [3.63, 3.8) is 0 Å². The van der Waals surface area contributed by atoms with E-state index in [4.69, 9.17) is 9.84 Å².